The van der Waals surface area contributed by atoms with Crippen LogP contribution in [-0.4, -0.2) is 38.4 Å². The first-order valence-corrected chi connectivity index (χ1v) is 14.6. The van der Waals surface area contributed by atoms with Gasteiger partial charge in [0.1, 0.15) is 17.2 Å². The van der Waals surface area contributed by atoms with E-state index in [0.717, 1.165) is 48.0 Å². The van der Waals surface area contributed by atoms with Crippen molar-refractivity contribution in [3.05, 3.63) is 87.6 Å². The summed E-state index contributed by atoms with van der Waals surface area (Å²) in [6.07, 6.45) is 2.90. The number of benzene rings is 3. The number of nitrogens with one attached hydrogen (secondary N) is 1. The summed E-state index contributed by atoms with van der Waals surface area (Å²) in [4.78, 5) is 13.1. The van der Waals surface area contributed by atoms with Gasteiger partial charge in [-0.05, 0) is 66.6 Å². The number of aliphatic carboxylic acids is 1. The number of anilines is 2. The van der Waals surface area contributed by atoms with E-state index in [9.17, 15) is 13.6 Å². The normalized spacial score (nSPS) is 14.7. The summed E-state index contributed by atoms with van der Waals surface area (Å²) < 4.78 is 46.1. The standard InChI is InChI=1S/C33H35ClF2N2O5/c1-33(35,36)27-19-28-22(15-29(27)42-3)12-13-38(28)32(21-6-7-21)31(20-8-10-23(34)11-9-20)37-24-16-25(41-2)18-26(17-24)43-14-4-5-30(39)40/h8-11,15-19,31,37H,4-7,12-14H2,1-3H3,(H,39,40). The quantitative estimate of drug-likeness (QED) is 0.189. The van der Waals surface area contributed by atoms with Crippen LogP contribution in [0.15, 0.2) is 65.9 Å². The van der Waals surface area contributed by atoms with Crippen molar-refractivity contribution in [2.45, 2.75) is 51.0 Å². The van der Waals surface area contributed by atoms with Crippen LogP contribution in [0.4, 0.5) is 20.2 Å². The monoisotopic (exact) mass is 612 g/mol. The Balaban J connectivity index is 1.54. The Kier molecular flexibility index (Phi) is 9.01. The Morgan fingerprint density at radius 1 is 1.05 bits per heavy atom. The van der Waals surface area contributed by atoms with Crippen LogP contribution in [0.3, 0.4) is 0 Å². The Labute approximate surface area is 255 Å². The van der Waals surface area contributed by atoms with Crippen molar-refractivity contribution >= 4 is 28.9 Å². The molecule has 7 nitrogen and oxygen atoms in total. The van der Waals surface area contributed by atoms with Crippen molar-refractivity contribution in [2.24, 2.45) is 0 Å². The summed E-state index contributed by atoms with van der Waals surface area (Å²) >= 11 is 6.26. The number of carbonyl (C=O) groups is 1. The van der Waals surface area contributed by atoms with Crippen molar-refractivity contribution in [3.63, 3.8) is 0 Å². The molecule has 1 unspecified atom stereocenters. The summed E-state index contributed by atoms with van der Waals surface area (Å²) in [7, 11) is 2.98. The summed E-state index contributed by atoms with van der Waals surface area (Å²) in [6, 6.07) is 16.0. The van der Waals surface area contributed by atoms with E-state index in [1.165, 1.54) is 12.7 Å². The molecule has 3 aromatic rings. The molecule has 5 rings (SSSR count). The minimum Gasteiger partial charge on any atom is -0.497 e. The Bertz CT molecular complexity index is 1510. The van der Waals surface area contributed by atoms with Gasteiger partial charge < -0.3 is 29.5 Å². The van der Waals surface area contributed by atoms with E-state index >= 15 is 0 Å². The van der Waals surface area contributed by atoms with Gasteiger partial charge in [0, 0.05) is 60.2 Å². The number of ether oxygens (including phenoxy) is 3. The van der Waals surface area contributed by atoms with E-state index in [1.54, 1.807) is 25.3 Å². The largest absolute Gasteiger partial charge is 0.497 e. The Morgan fingerprint density at radius 2 is 1.77 bits per heavy atom. The molecule has 1 aliphatic heterocycles. The molecule has 0 amide bonds. The predicted molar refractivity (Wildman–Crippen MR) is 163 cm³/mol. The first-order valence-electron chi connectivity index (χ1n) is 14.2. The molecule has 1 saturated carbocycles. The molecule has 0 spiro atoms. The van der Waals surface area contributed by atoms with Crippen molar-refractivity contribution in [1.82, 2.24) is 0 Å². The summed E-state index contributed by atoms with van der Waals surface area (Å²) in [5, 5.41) is 13.2. The van der Waals surface area contributed by atoms with Gasteiger partial charge in [-0.25, -0.2) is 8.78 Å². The van der Waals surface area contributed by atoms with Crippen molar-refractivity contribution in [3.8, 4) is 17.2 Å². The number of methoxy groups -OCH3 is 2. The van der Waals surface area contributed by atoms with Gasteiger partial charge in [0.15, 0.2) is 0 Å². The highest BCUT2D eigenvalue weighted by molar-refractivity contribution is 6.30. The number of fused-ring (bicyclic) bond motifs is 1. The molecule has 43 heavy (non-hydrogen) atoms. The average molecular weight is 613 g/mol. The lowest BCUT2D eigenvalue weighted by atomic mass is 9.99. The molecule has 10 heteroatoms. The fourth-order valence-electron chi connectivity index (χ4n) is 5.45. The lowest BCUT2D eigenvalue weighted by molar-refractivity contribution is -0.137. The number of halogens is 3. The van der Waals surface area contributed by atoms with Gasteiger partial charge >= 0.3 is 5.97 Å². The minimum atomic E-state index is -3.07. The maximum atomic E-state index is 14.7. The third-order valence-corrected chi connectivity index (χ3v) is 7.88. The SMILES string of the molecule is COc1cc(NC(C(=C2CC2)N2CCc3cc(OC)c(C(C)(F)F)cc32)c2ccc(Cl)cc2)cc(OCCCC(=O)O)c1. The van der Waals surface area contributed by atoms with Crippen LogP contribution in [0, 0.1) is 0 Å². The van der Waals surface area contributed by atoms with Crippen LogP contribution in [0.5, 0.6) is 17.2 Å². The molecular weight excluding hydrogens is 578 g/mol. The lowest BCUT2D eigenvalue weighted by Crippen LogP contribution is -2.29. The summed E-state index contributed by atoms with van der Waals surface area (Å²) in [6.45, 7) is 1.77. The third kappa shape index (κ3) is 7.16. The second kappa shape index (κ2) is 12.7. The van der Waals surface area contributed by atoms with Crippen LogP contribution in [-0.2, 0) is 17.1 Å². The van der Waals surface area contributed by atoms with Gasteiger partial charge in [-0.1, -0.05) is 23.7 Å². The third-order valence-electron chi connectivity index (χ3n) is 7.63. The van der Waals surface area contributed by atoms with E-state index in [1.807, 2.05) is 36.4 Å². The number of nitrogens with zero attached hydrogens (tertiary/aromatic N) is 1. The van der Waals surface area contributed by atoms with Crippen LogP contribution in [0.2, 0.25) is 5.02 Å². The maximum Gasteiger partial charge on any atom is 0.303 e. The maximum absolute atomic E-state index is 14.7. The average Bonchev–Trinajstić information content (AvgIpc) is 3.73. The highest BCUT2D eigenvalue weighted by Gasteiger charge is 2.37. The fraction of sp³-hybridized carbons (Fsp3) is 0.364. The molecule has 228 valence electrons. The highest BCUT2D eigenvalue weighted by atomic mass is 35.5. The predicted octanol–water partition coefficient (Wildman–Crippen LogP) is 7.98. The Morgan fingerprint density at radius 3 is 2.40 bits per heavy atom. The molecule has 1 aliphatic carbocycles. The number of hydrogen-bond acceptors (Lipinski definition) is 6. The van der Waals surface area contributed by atoms with Gasteiger partial charge in [0.2, 0.25) is 0 Å². The summed E-state index contributed by atoms with van der Waals surface area (Å²) in [5.41, 5.74) is 5.50. The lowest BCUT2D eigenvalue weighted by Gasteiger charge is -2.32. The number of rotatable bonds is 13. The molecule has 3 aromatic carbocycles. The van der Waals surface area contributed by atoms with E-state index in [2.05, 4.69) is 10.2 Å². The first-order chi connectivity index (χ1) is 20.6. The number of hydrogen-bond donors (Lipinski definition) is 2. The van der Waals surface area contributed by atoms with Gasteiger partial charge in [0.05, 0.1) is 32.4 Å². The molecule has 0 radical (unpaired) electrons. The van der Waals surface area contributed by atoms with Gasteiger partial charge in [-0.2, -0.15) is 0 Å². The van der Waals surface area contributed by atoms with Gasteiger partial charge in [0.25, 0.3) is 5.92 Å². The summed E-state index contributed by atoms with van der Waals surface area (Å²) in [5.74, 6) is -2.65. The zero-order chi connectivity index (χ0) is 30.7. The topological polar surface area (TPSA) is 80.3 Å². The van der Waals surface area contributed by atoms with Crippen LogP contribution in [0.1, 0.15) is 55.3 Å². The number of carboxylic acids is 1. The molecule has 2 N–H and O–H groups in total. The van der Waals surface area contributed by atoms with E-state index in [0.29, 0.717) is 35.9 Å². The number of alkyl halides is 2. The molecule has 2 aliphatic rings. The molecule has 1 atom stereocenters. The number of carboxylic acid groups (broad SMARTS) is 1. The molecule has 1 fully saturated rings. The zero-order valence-electron chi connectivity index (χ0n) is 24.4. The van der Waals surface area contributed by atoms with E-state index in [4.69, 9.17) is 30.9 Å². The van der Waals surface area contributed by atoms with Crippen LogP contribution >= 0.6 is 11.6 Å². The Hall–Kier alpha value is -3.98. The minimum absolute atomic E-state index is 0.0134. The molecule has 0 saturated heterocycles. The fourth-order valence-corrected chi connectivity index (χ4v) is 5.57. The highest BCUT2D eigenvalue weighted by Crippen LogP contribution is 2.48. The van der Waals surface area contributed by atoms with Crippen LogP contribution < -0.4 is 24.4 Å². The van der Waals surface area contributed by atoms with E-state index < -0.39 is 11.9 Å². The first kappa shape index (κ1) is 30.5. The van der Waals surface area contributed by atoms with Crippen molar-refractivity contribution < 1.29 is 32.9 Å². The molecule has 0 bridgehead atoms. The van der Waals surface area contributed by atoms with Gasteiger partial charge in [-0.15, -0.1) is 0 Å². The zero-order valence-corrected chi connectivity index (χ0v) is 25.1. The smallest absolute Gasteiger partial charge is 0.303 e. The van der Waals surface area contributed by atoms with Crippen molar-refractivity contribution in [2.75, 3.05) is 37.6 Å². The van der Waals surface area contributed by atoms with Gasteiger partial charge in [-0.3, -0.25) is 4.79 Å². The molecular formula is C33H35ClF2N2O5. The second-order valence-electron chi connectivity index (χ2n) is 10.8. The molecule has 0 aromatic heterocycles. The molecule has 1 heterocycles. The second-order valence-corrected chi connectivity index (χ2v) is 11.3. The van der Waals surface area contributed by atoms with E-state index in [-0.39, 0.29) is 30.4 Å². The van der Waals surface area contributed by atoms with Crippen molar-refractivity contribution in [1.29, 1.82) is 0 Å². The number of allylic oxidation sites excluding steroid dienone is 1. The van der Waals surface area contributed by atoms with Crippen LogP contribution in [0.25, 0.3) is 0 Å².